The van der Waals surface area contributed by atoms with Crippen molar-refractivity contribution in [3.05, 3.63) is 0 Å². The average Bonchev–Trinajstić information content (AvgIpc) is 2.02. The molecule has 12 heavy (non-hydrogen) atoms. The van der Waals surface area contributed by atoms with Crippen molar-refractivity contribution in [1.29, 1.82) is 0 Å². The van der Waals surface area contributed by atoms with Crippen molar-refractivity contribution in [3.8, 4) is 0 Å². The van der Waals surface area contributed by atoms with Crippen LogP contribution in [0.2, 0.25) is 0 Å². The highest BCUT2D eigenvalue weighted by atomic mass is 35.7. The molecule has 0 radical (unpaired) electrons. The van der Waals surface area contributed by atoms with Gasteiger partial charge in [-0.1, -0.05) is 0 Å². The first-order valence-corrected chi connectivity index (χ1v) is 7.71. The molecule has 0 amide bonds. The second kappa shape index (κ2) is 4.72. The smallest absolute Gasteiger partial charge is 0.212 e. The SMILES string of the molecule is O=S(=O)(Cl)CCC1CCCSC1. The Labute approximate surface area is 82.5 Å². The maximum atomic E-state index is 10.6. The van der Waals surface area contributed by atoms with Gasteiger partial charge in [0, 0.05) is 10.7 Å². The van der Waals surface area contributed by atoms with E-state index in [9.17, 15) is 8.42 Å². The minimum atomic E-state index is -3.26. The molecule has 1 saturated heterocycles. The predicted molar refractivity (Wildman–Crippen MR) is 54.3 cm³/mol. The molecular weight excluding hydrogens is 216 g/mol. The van der Waals surface area contributed by atoms with Crippen LogP contribution in [0.25, 0.3) is 0 Å². The van der Waals surface area contributed by atoms with Gasteiger partial charge in [-0.3, -0.25) is 0 Å². The molecule has 1 aliphatic rings. The van der Waals surface area contributed by atoms with Crippen LogP contribution in [0.15, 0.2) is 0 Å². The number of halogens is 1. The van der Waals surface area contributed by atoms with Crippen molar-refractivity contribution >= 4 is 31.5 Å². The molecule has 1 aliphatic heterocycles. The Morgan fingerprint density at radius 3 is 2.75 bits per heavy atom. The summed E-state index contributed by atoms with van der Waals surface area (Å²) in [6, 6.07) is 0. The van der Waals surface area contributed by atoms with Crippen molar-refractivity contribution in [1.82, 2.24) is 0 Å². The Kier molecular flexibility index (Phi) is 4.20. The van der Waals surface area contributed by atoms with Crippen LogP contribution < -0.4 is 0 Å². The molecule has 0 aromatic heterocycles. The fourth-order valence-corrected chi connectivity index (χ4v) is 3.43. The van der Waals surface area contributed by atoms with Gasteiger partial charge in [-0.25, -0.2) is 8.42 Å². The van der Waals surface area contributed by atoms with Crippen LogP contribution in [-0.4, -0.2) is 25.7 Å². The molecule has 2 nitrogen and oxygen atoms in total. The zero-order valence-corrected chi connectivity index (χ0v) is 9.22. The maximum absolute atomic E-state index is 10.6. The lowest BCUT2D eigenvalue weighted by atomic mass is 10.0. The van der Waals surface area contributed by atoms with E-state index in [1.54, 1.807) is 0 Å². The second-order valence-electron chi connectivity index (χ2n) is 3.11. The van der Waals surface area contributed by atoms with Crippen molar-refractivity contribution in [2.75, 3.05) is 17.3 Å². The van der Waals surface area contributed by atoms with E-state index in [-0.39, 0.29) is 5.75 Å². The van der Waals surface area contributed by atoms with E-state index in [1.165, 1.54) is 18.6 Å². The topological polar surface area (TPSA) is 34.1 Å². The minimum absolute atomic E-state index is 0.139. The van der Waals surface area contributed by atoms with Crippen LogP contribution >= 0.6 is 22.4 Å². The molecule has 0 aromatic rings. The molecular formula is C7H13ClO2S2. The van der Waals surface area contributed by atoms with Gasteiger partial charge in [-0.05, 0) is 36.7 Å². The van der Waals surface area contributed by atoms with Gasteiger partial charge >= 0.3 is 0 Å². The third-order valence-corrected chi connectivity index (χ3v) is 4.50. The van der Waals surface area contributed by atoms with Crippen molar-refractivity contribution in [2.45, 2.75) is 19.3 Å². The van der Waals surface area contributed by atoms with Gasteiger partial charge in [0.25, 0.3) is 0 Å². The zero-order chi connectivity index (χ0) is 9.03. The van der Waals surface area contributed by atoms with Gasteiger partial charge < -0.3 is 0 Å². The summed E-state index contributed by atoms with van der Waals surface area (Å²) >= 11 is 1.92. The van der Waals surface area contributed by atoms with E-state index < -0.39 is 9.05 Å². The summed E-state index contributed by atoms with van der Waals surface area (Å²) in [5.41, 5.74) is 0. The molecule has 1 fully saturated rings. The Morgan fingerprint density at radius 1 is 1.50 bits per heavy atom. The Balaban J connectivity index is 2.22. The highest BCUT2D eigenvalue weighted by Gasteiger charge is 2.16. The number of rotatable bonds is 3. The van der Waals surface area contributed by atoms with Crippen LogP contribution in [-0.2, 0) is 9.05 Å². The van der Waals surface area contributed by atoms with E-state index in [2.05, 4.69) is 0 Å². The van der Waals surface area contributed by atoms with Gasteiger partial charge in [-0.2, -0.15) is 11.8 Å². The molecule has 0 aromatic carbocycles. The number of thioether (sulfide) groups is 1. The minimum Gasteiger partial charge on any atom is -0.212 e. The summed E-state index contributed by atoms with van der Waals surface area (Å²) in [7, 11) is 1.86. The summed E-state index contributed by atoms with van der Waals surface area (Å²) < 4.78 is 21.3. The van der Waals surface area contributed by atoms with Gasteiger partial charge in [0.15, 0.2) is 0 Å². The summed E-state index contributed by atoms with van der Waals surface area (Å²) in [6.07, 6.45) is 3.12. The summed E-state index contributed by atoms with van der Waals surface area (Å²) in [5.74, 6) is 3.04. The molecule has 1 atom stereocenters. The van der Waals surface area contributed by atoms with E-state index in [1.807, 2.05) is 11.8 Å². The highest BCUT2D eigenvalue weighted by molar-refractivity contribution is 8.13. The van der Waals surface area contributed by atoms with E-state index >= 15 is 0 Å². The van der Waals surface area contributed by atoms with Gasteiger partial charge in [0.1, 0.15) is 0 Å². The zero-order valence-electron chi connectivity index (χ0n) is 6.83. The molecule has 0 spiro atoms. The molecule has 1 rings (SSSR count). The van der Waals surface area contributed by atoms with Gasteiger partial charge in [0.2, 0.25) is 9.05 Å². The molecule has 72 valence electrons. The maximum Gasteiger partial charge on any atom is 0.232 e. The lowest BCUT2D eigenvalue weighted by molar-refractivity contribution is 0.504. The first-order chi connectivity index (χ1) is 5.58. The monoisotopic (exact) mass is 228 g/mol. The normalized spacial score (nSPS) is 25.6. The fourth-order valence-electron chi connectivity index (χ4n) is 1.34. The molecule has 0 bridgehead atoms. The lowest BCUT2D eigenvalue weighted by Gasteiger charge is -2.20. The van der Waals surface area contributed by atoms with Crippen molar-refractivity contribution in [2.24, 2.45) is 5.92 Å². The summed E-state index contributed by atoms with van der Waals surface area (Å²) in [5, 5.41) is 0. The second-order valence-corrected chi connectivity index (χ2v) is 7.16. The van der Waals surface area contributed by atoms with Crippen molar-refractivity contribution < 1.29 is 8.42 Å². The first kappa shape index (κ1) is 10.7. The average molecular weight is 229 g/mol. The van der Waals surface area contributed by atoms with Crippen LogP contribution in [0, 0.1) is 5.92 Å². The molecule has 5 heteroatoms. The highest BCUT2D eigenvalue weighted by Crippen LogP contribution is 2.25. The first-order valence-electron chi connectivity index (χ1n) is 4.08. The molecule has 0 aliphatic carbocycles. The fraction of sp³-hybridized carbons (Fsp3) is 1.00. The molecule has 0 N–H and O–H groups in total. The van der Waals surface area contributed by atoms with Gasteiger partial charge in [0.05, 0.1) is 5.75 Å². The van der Waals surface area contributed by atoms with Crippen molar-refractivity contribution in [3.63, 3.8) is 0 Å². The van der Waals surface area contributed by atoms with E-state index in [0.29, 0.717) is 5.92 Å². The third kappa shape index (κ3) is 4.58. The Morgan fingerprint density at radius 2 is 2.25 bits per heavy atom. The van der Waals surface area contributed by atoms with Gasteiger partial charge in [-0.15, -0.1) is 0 Å². The number of hydrogen-bond acceptors (Lipinski definition) is 3. The van der Waals surface area contributed by atoms with Crippen LogP contribution in [0.3, 0.4) is 0 Å². The standard InChI is InChI=1S/C7H13ClO2S2/c8-12(9,10)5-3-7-2-1-4-11-6-7/h7H,1-6H2. The lowest BCUT2D eigenvalue weighted by Crippen LogP contribution is -2.13. The Bertz CT molecular complexity index is 220. The summed E-state index contributed by atoms with van der Waals surface area (Å²) in [4.78, 5) is 0. The predicted octanol–water partition coefficient (Wildman–Crippen LogP) is 2.09. The molecule has 1 unspecified atom stereocenters. The Hall–Kier alpha value is 0.590. The van der Waals surface area contributed by atoms with Crippen LogP contribution in [0.1, 0.15) is 19.3 Å². The summed E-state index contributed by atoms with van der Waals surface area (Å²) in [6.45, 7) is 0. The van der Waals surface area contributed by atoms with Crippen LogP contribution in [0.5, 0.6) is 0 Å². The third-order valence-electron chi connectivity index (χ3n) is 2.02. The largest absolute Gasteiger partial charge is 0.232 e. The molecule has 0 saturated carbocycles. The van der Waals surface area contributed by atoms with Crippen LogP contribution in [0.4, 0.5) is 0 Å². The quantitative estimate of drug-likeness (QED) is 0.694. The number of hydrogen-bond donors (Lipinski definition) is 0. The molecule has 1 heterocycles. The van der Waals surface area contributed by atoms with E-state index in [4.69, 9.17) is 10.7 Å². The van der Waals surface area contributed by atoms with E-state index in [0.717, 1.165) is 12.2 Å².